The number of aromatic amines is 1. The highest BCUT2D eigenvalue weighted by Crippen LogP contribution is 2.39. The van der Waals surface area contributed by atoms with Gasteiger partial charge in [-0.2, -0.15) is 4.39 Å². The van der Waals surface area contributed by atoms with Gasteiger partial charge in [0.2, 0.25) is 5.82 Å². The Morgan fingerprint density at radius 1 is 1.37 bits per heavy atom. The molecule has 6 heteroatoms. The molecule has 0 spiro atoms. The van der Waals surface area contributed by atoms with Crippen molar-refractivity contribution in [2.75, 3.05) is 5.75 Å². The third-order valence-electron chi connectivity index (χ3n) is 3.18. The second kappa shape index (κ2) is 4.70. The lowest BCUT2D eigenvalue weighted by Crippen LogP contribution is -2.32. The summed E-state index contributed by atoms with van der Waals surface area (Å²) in [6, 6.07) is 7.98. The van der Waals surface area contributed by atoms with Gasteiger partial charge in [-0.3, -0.25) is 14.3 Å². The highest BCUT2D eigenvalue weighted by Gasteiger charge is 2.23. The number of hydrogen-bond acceptors (Lipinski definition) is 3. The number of H-pyrrole nitrogens is 1. The van der Waals surface area contributed by atoms with Gasteiger partial charge in [-0.25, -0.2) is 4.79 Å². The summed E-state index contributed by atoms with van der Waals surface area (Å²) in [7, 11) is 0. The van der Waals surface area contributed by atoms with E-state index in [0.717, 1.165) is 11.9 Å². The summed E-state index contributed by atoms with van der Waals surface area (Å²) in [6.45, 7) is 0.372. The van der Waals surface area contributed by atoms with Crippen molar-refractivity contribution < 1.29 is 4.39 Å². The lowest BCUT2D eigenvalue weighted by atomic mass is 10.0. The maximum Gasteiger partial charge on any atom is 0.328 e. The lowest BCUT2D eigenvalue weighted by molar-refractivity contribution is 0.524. The topological polar surface area (TPSA) is 54.9 Å². The number of aromatic nitrogens is 2. The molecule has 0 bridgehead atoms. The maximum atomic E-state index is 13.2. The van der Waals surface area contributed by atoms with E-state index < -0.39 is 17.1 Å². The number of hydrogen-bond donors (Lipinski definition) is 1. The second-order valence-corrected chi connectivity index (χ2v) is 5.50. The Labute approximate surface area is 112 Å². The number of halogens is 1. The van der Waals surface area contributed by atoms with E-state index in [1.807, 2.05) is 29.2 Å². The number of nitrogens with zero attached hydrogens (tertiary/aromatic N) is 1. The van der Waals surface area contributed by atoms with E-state index in [1.54, 1.807) is 11.8 Å². The molecule has 4 nitrogen and oxygen atoms in total. The Kier molecular flexibility index (Phi) is 3.02. The normalized spacial score (nSPS) is 17.4. The molecule has 2 aromatic rings. The fourth-order valence-electron chi connectivity index (χ4n) is 2.24. The summed E-state index contributed by atoms with van der Waals surface area (Å²) in [5, 5.41) is 0. The summed E-state index contributed by atoms with van der Waals surface area (Å²) in [5.41, 5.74) is -0.366. The SMILES string of the molecule is O=c1[nH]c(=O)n(CC2CSc3ccccc32)cc1F. The highest BCUT2D eigenvalue weighted by atomic mass is 32.2. The average Bonchev–Trinajstić information content (AvgIpc) is 2.80. The zero-order valence-electron chi connectivity index (χ0n) is 9.93. The van der Waals surface area contributed by atoms with Gasteiger partial charge < -0.3 is 0 Å². The predicted molar refractivity (Wildman–Crippen MR) is 71.2 cm³/mol. The van der Waals surface area contributed by atoms with E-state index in [-0.39, 0.29) is 5.92 Å². The smallest absolute Gasteiger partial charge is 0.297 e. The van der Waals surface area contributed by atoms with Crippen LogP contribution in [0.1, 0.15) is 11.5 Å². The standard InChI is InChI=1S/C13H11FN2O2S/c14-10-6-16(13(18)15-12(10)17)5-8-7-19-11-4-2-1-3-9(8)11/h1-4,6,8H,5,7H2,(H,15,17,18). The monoisotopic (exact) mass is 278 g/mol. The predicted octanol–water partition coefficient (Wildman–Crippen LogP) is 1.57. The fraction of sp³-hybridized carbons (Fsp3) is 0.231. The van der Waals surface area contributed by atoms with Crippen LogP contribution in [0.5, 0.6) is 0 Å². The van der Waals surface area contributed by atoms with Crippen LogP contribution in [0.2, 0.25) is 0 Å². The summed E-state index contributed by atoms with van der Waals surface area (Å²) in [5.74, 6) is 0.0785. The molecule has 0 saturated carbocycles. The molecule has 1 aliphatic rings. The van der Waals surface area contributed by atoms with Gasteiger partial charge in [0.1, 0.15) is 0 Å². The minimum Gasteiger partial charge on any atom is -0.297 e. The molecule has 3 rings (SSSR count). The molecule has 0 fully saturated rings. The number of rotatable bonds is 2. The van der Waals surface area contributed by atoms with Crippen LogP contribution in [-0.4, -0.2) is 15.3 Å². The lowest BCUT2D eigenvalue weighted by Gasteiger charge is -2.12. The summed E-state index contributed by atoms with van der Waals surface area (Å²) < 4.78 is 14.4. The molecule has 1 atom stereocenters. The van der Waals surface area contributed by atoms with Crippen LogP contribution in [0, 0.1) is 5.82 Å². The molecular formula is C13H11FN2O2S. The summed E-state index contributed by atoms with van der Waals surface area (Å²) in [6.07, 6.45) is 0.979. The van der Waals surface area contributed by atoms with Crippen molar-refractivity contribution in [3.63, 3.8) is 0 Å². The van der Waals surface area contributed by atoms with Crippen LogP contribution in [-0.2, 0) is 6.54 Å². The van der Waals surface area contributed by atoms with Crippen LogP contribution >= 0.6 is 11.8 Å². The van der Waals surface area contributed by atoms with Crippen LogP contribution in [0.15, 0.2) is 44.9 Å². The maximum absolute atomic E-state index is 13.2. The van der Waals surface area contributed by atoms with Gasteiger partial charge in [0.15, 0.2) is 0 Å². The Morgan fingerprint density at radius 3 is 3.00 bits per heavy atom. The Bertz CT molecular complexity index is 738. The average molecular weight is 278 g/mol. The first kappa shape index (κ1) is 12.2. The molecule has 0 amide bonds. The van der Waals surface area contributed by atoms with Crippen molar-refractivity contribution >= 4 is 11.8 Å². The van der Waals surface area contributed by atoms with Crippen molar-refractivity contribution in [1.82, 2.24) is 9.55 Å². The minimum absolute atomic E-state index is 0.157. The molecule has 0 aliphatic carbocycles. The Hall–Kier alpha value is -1.82. The van der Waals surface area contributed by atoms with Crippen molar-refractivity contribution in [3.8, 4) is 0 Å². The van der Waals surface area contributed by atoms with Gasteiger partial charge in [0.25, 0.3) is 5.56 Å². The number of nitrogens with one attached hydrogen (secondary N) is 1. The number of benzene rings is 1. The fourth-order valence-corrected chi connectivity index (χ4v) is 3.48. The van der Waals surface area contributed by atoms with Crippen LogP contribution < -0.4 is 11.2 Å². The molecule has 1 unspecified atom stereocenters. The molecule has 1 aromatic heterocycles. The van der Waals surface area contributed by atoms with E-state index in [2.05, 4.69) is 0 Å². The molecule has 19 heavy (non-hydrogen) atoms. The van der Waals surface area contributed by atoms with Crippen LogP contribution in [0.25, 0.3) is 0 Å². The van der Waals surface area contributed by atoms with E-state index >= 15 is 0 Å². The molecule has 2 heterocycles. The van der Waals surface area contributed by atoms with E-state index in [1.165, 1.54) is 15.0 Å². The number of fused-ring (bicyclic) bond motifs is 1. The molecule has 1 N–H and O–H groups in total. The van der Waals surface area contributed by atoms with E-state index in [4.69, 9.17) is 0 Å². The van der Waals surface area contributed by atoms with Crippen molar-refractivity contribution in [2.24, 2.45) is 0 Å². The minimum atomic E-state index is -0.970. The van der Waals surface area contributed by atoms with Gasteiger partial charge in [-0.15, -0.1) is 11.8 Å². The third-order valence-corrected chi connectivity index (χ3v) is 4.44. The van der Waals surface area contributed by atoms with Crippen LogP contribution in [0.3, 0.4) is 0 Å². The van der Waals surface area contributed by atoms with Gasteiger partial charge in [0.05, 0.1) is 6.20 Å². The first-order valence-electron chi connectivity index (χ1n) is 5.86. The number of thioether (sulfide) groups is 1. The van der Waals surface area contributed by atoms with Crippen molar-refractivity contribution in [2.45, 2.75) is 17.4 Å². The highest BCUT2D eigenvalue weighted by molar-refractivity contribution is 7.99. The van der Waals surface area contributed by atoms with Gasteiger partial charge in [-0.05, 0) is 11.6 Å². The largest absolute Gasteiger partial charge is 0.328 e. The molecule has 98 valence electrons. The second-order valence-electron chi connectivity index (χ2n) is 4.43. The van der Waals surface area contributed by atoms with Gasteiger partial charge >= 0.3 is 5.69 Å². The Morgan fingerprint density at radius 2 is 2.16 bits per heavy atom. The van der Waals surface area contributed by atoms with Gasteiger partial charge in [0, 0.05) is 23.1 Å². The zero-order chi connectivity index (χ0) is 13.4. The molecule has 0 radical (unpaired) electrons. The molecule has 1 aliphatic heterocycles. The van der Waals surface area contributed by atoms with Crippen molar-refractivity contribution in [3.05, 3.63) is 62.7 Å². The quantitative estimate of drug-likeness (QED) is 0.907. The first-order chi connectivity index (χ1) is 9.15. The summed E-state index contributed by atoms with van der Waals surface area (Å²) >= 11 is 1.73. The zero-order valence-corrected chi connectivity index (χ0v) is 10.7. The van der Waals surface area contributed by atoms with Crippen molar-refractivity contribution in [1.29, 1.82) is 0 Å². The van der Waals surface area contributed by atoms with Gasteiger partial charge in [-0.1, -0.05) is 18.2 Å². The summed E-state index contributed by atoms with van der Waals surface area (Å²) in [4.78, 5) is 25.8. The van der Waals surface area contributed by atoms with E-state index in [0.29, 0.717) is 6.54 Å². The molecular weight excluding hydrogens is 267 g/mol. The Balaban J connectivity index is 1.94. The van der Waals surface area contributed by atoms with Crippen LogP contribution in [0.4, 0.5) is 4.39 Å². The molecule has 1 aromatic carbocycles. The third kappa shape index (κ3) is 2.23. The first-order valence-corrected chi connectivity index (χ1v) is 6.84. The molecule has 0 saturated heterocycles. The van der Waals surface area contributed by atoms with E-state index in [9.17, 15) is 14.0 Å².